The van der Waals surface area contributed by atoms with Gasteiger partial charge in [-0.05, 0) is 65.1 Å². The maximum absolute atomic E-state index is 12.2. The highest BCUT2D eigenvalue weighted by molar-refractivity contribution is 14.1. The maximum Gasteiger partial charge on any atom is 0.263 e. The lowest BCUT2D eigenvalue weighted by atomic mass is 10.3. The van der Waals surface area contributed by atoms with Crippen LogP contribution in [0.1, 0.15) is 0 Å². The first kappa shape index (κ1) is 14.6. The van der Waals surface area contributed by atoms with Crippen LogP contribution in [0.5, 0.6) is 0 Å². The Morgan fingerprint density at radius 1 is 1.11 bits per heavy atom. The van der Waals surface area contributed by atoms with Crippen LogP contribution in [0.2, 0.25) is 0 Å². The SMILES string of the molecule is Nc1ccc(Br)cc1S(=O)(=O)Nc1ccc(I)cc1. The van der Waals surface area contributed by atoms with Gasteiger partial charge in [0.2, 0.25) is 0 Å². The van der Waals surface area contributed by atoms with Crippen molar-refractivity contribution in [3.05, 3.63) is 50.5 Å². The van der Waals surface area contributed by atoms with Crippen LogP contribution in [0.4, 0.5) is 11.4 Å². The van der Waals surface area contributed by atoms with Gasteiger partial charge >= 0.3 is 0 Å². The largest absolute Gasteiger partial charge is 0.398 e. The van der Waals surface area contributed by atoms with E-state index < -0.39 is 10.0 Å². The second-order valence-corrected chi connectivity index (χ2v) is 7.61. The van der Waals surface area contributed by atoms with Crippen molar-refractivity contribution in [1.29, 1.82) is 0 Å². The predicted octanol–water partition coefficient (Wildman–Crippen LogP) is 3.44. The third kappa shape index (κ3) is 3.61. The number of nitrogens with two attached hydrogens (primary N) is 1. The van der Waals surface area contributed by atoms with Gasteiger partial charge < -0.3 is 5.73 Å². The summed E-state index contributed by atoms with van der Waals surface area (Å²) in [6, 6.07) is 11.8. The van der Waals surface area contributed by atoms with E-state index in [0.29, 0.717) is 10.2 Å². The fraction of sp³-hybridized carbons (Fsp3) is 0. The van der Waals surface area contributed by atoms with E-state index in [4.69, 9.17) is 5.73 Å². The molecule has 0 heterocycles. The van der Waals surface area contributed by atoms with Crippen LogP contribution in [0.3, 0.4) is 0 Å². The van der Waals surface area contributed by atoms with Gasteiger partial charge in [0.1, 0.15) is 4.90 Å². The number of benzene rings is 2. The molecule has 0 atom stereocenters. The van der Waals surface area contributed by atoms with Crippen molar-refractivity contribution in [2.45, 2.75) is 4.90 Å². The van der Waals surface area contributed by atoms with E-state index >= 15 is 0 Å². The van der Waals surface area contributed by atoms with Gasteiger partial charge in [-0.25, -0.2) is 8.42 Å². The van der Waals surface area contributed by atoms with E-state index in [0.717, 1.165) is 3.57 Å². The molecule has 0 spiro atoms. The van der Waals surface area contributed by atoms with E-state index in [1.165, 1.54) is 6.07 Å². The first-order chi connectivity index (χ1) is 8.88. The Hall–Kier alpha value is -0.800. The molecule has 7 heteroatoms. The highest BCUT2D eigenvalue weighted by Gasteiger charge is 2.17. The highest BCUT2D eigenvalue weighted by Crippen LogP contribution is 2.25. The molecule has 2 aromatic rings. The molecule has 0 unspecified atom stereocenters. The fourth-order valence-corrected chi connectivity index (χ4v) is 3.56. The van der Waals surface area contributed by atoms with Crippen LogP contribution in [0, 0.1) is 3.57 Å². The number of hydrogen-bond acceptors (Lipinski definition) is 3. The van der Waals surface area contributed by atoms with Crippen molar-refractivity contribution in [2.24, 2.45) is 0 Å². The smallest absolute Gasteiger partial charge is 0.263 e. The van der Waals surface area contributed by atoms with Gasteiger partial charge in [-0.1, -0.05) is 15.9 Å². The van der Waals surface area contributed by atoms with Crippen LogP contribution in [0.25, 0.3) is 0 Å². The Labute approximate surface area is 133 Å². The topological polar surface area (TPSA) is 72.2 Å². The van der Waals surface area contributed by atoms with Crippen LogP contribution in [-0.4, -0.2) is 8.42 Å². The number of hydrogen-bond donors (Lipinski definition) is 2. The minimum absolute atomic E-state index is 0.0559. The Morgan fingerprint density at radius 3 is 2.37 bits per heavy atom. The van der Waals surface area contributed by atoms with Crippen molar-refractivity contribution in [3.63, 3.8) is 0 Å². The molecule has 0 fully saturated rings. The molecular weight excluding hydrogens is 443 g/mol. The molecule has 0 aliphatic heterocycles. The molecule has 4 nitrogen and oxygen atoms in total. The van der Waals surface area contributed by atoms with E-state index in [-0.39, 0.29) is 10.6 Å². The molecule has 0 aliphatic carbocycles. The number of rotatable bonds is 3. The molecule has 2 aromatic carbocycles. The molecule has 3 N–H and O–H groups in total. The Balaban J connectivity index is 2.37. The molecule has 0 aromatic heterocycles. The first-order valence-electron chi connectivity index (χ1n) is 5.22. The lowest BCUT2D eigenvalue weighted by Crippen LogP contribution is -2.14. The lowest BCUT2D eigenvalue weighted by Gasteiger charge is -2.10. The molecule has 0 amide bonds. The zero-order chi connectivity index (χ0) is 14.0. The van der Waals surface area contributed by atoms with E-state index in [1.807, 2.05) is 12.1 Å². The van der Waals surface area contributed by atoms with Gasteiger partial charge in [0, 0.05) is 13.7 Å². The number of nitrogen functional groups attached to an aromatic ring is 1. The summed E-state index contributed by atoms with van der Waals surface area (Å²) >= 11 is 5.39. The summed E-state index contributed by atoms with van der Waals surface area (Å²) in [6.45, 7) is 0. The summed E-state index contributed by atoms with van der Waals surface area (Å²) < 4.78 is 28.7. The lowest BCUT2D eigenvalue weighted by molar-refractivity contribution is 0.601. The summed E-state index contributed by atoms with van der Waals surface area (Å²) in [6.07, 6.45) is 0. The van der Waals surface area contributed by atoms with Crippen molar-refractivity contribution in [2.75, 3.05) is 10.5 Å². The van der Waals surface area contributed by atoms with Gasteiger partial charge in [0.05, 0.1) is 5.69 Å². The van der Waals surface area contributed by atoms with Crippen LogP contribution in [0.15, 0.2) is 51.8 Å². The van der Waals surface area contributed by atoms with Crippen LogP contribution in [-0.2, 0) is 10.0 Å². The third-order valence-corrected chi connectivity index (χ3v) is 5.01. The Kier molecular flexibility index (Phi) is 4.36. The van der Waals surface area contributed by atoms with Gasteiger partial charge in [-0.15, -0.1) is 0 Å². The summed E-state index contributed by atoms with van der Waals surface area (Å²) in [5, 5.41) is 0. The number of sulfonamides is 1. The monoisotopic (exact) mass is 452 g/mol. The molecule has 0 saturated carbocycles. The van der Waals surface area contributed by atoms with E-state index in [1.54, 1.807) is 24.3 Å². The van der Waals surface area contributed by atoms with Crippen molar-refractivity contribution in [1.82, 2.24) is 0 Å². The summed E-state index contributed by atoms with van der Waals surface area (Å²) in [7, 11) is -3.69. The minimum Gasteiger partial charge on any atom is -0.398 e. The minimum atomic E-state index is -3.69. The molecule has 0 radical (unpaired) electrons. The second kappa shape index (κ2) is 5.68. The highest BCUT2D eigenvalue weighted by atomic mass is 127. The molecular formula is C12H10BrIN2O2S. The average Bonchev–Trinajstić information content (AvgIpc) is 2.35. The van der Waals surface area contributed by atoms with Crippen molar-refractivity contribution in [3.8, 4) is 0 Å². The van der Waals surface area contributed by atoms with Gasteiger partial charge in [-0.2, -0.15) is 0 Å². The molecule has 100 valence electrons. The summed E-state index contributed by atoms with van der Waals surface area (Å²) in [5.74, 6) is 0. The molecule has 0 bridgehead atoms. The predicted molar refractivity (Wildman–Crippen MR) is 88.5 cm³/mol. The van der Waals surface area contributed by atoms with Gasteiger partial charge in [0.25, 0.3) is 10.0 Å². The fourth-order valence-electron chi connectivity index (χ4n) is 1.47. The average molecular weight is 453 g/mol. The van der Waals surface area contributed by atoms with Gasteiger partial charge in [0.15, 0.2) is 0 Å². The Morgan fingerprint density at radius 2 is 1.74 bits per heavy atom. The van der Waals surface area contributed by atoms with Crippen molar-refractivity contribution < 1.29 is 8.42 Å². The third-order valence-electron chi connectivity index (χ3n) is 2.36. The molecule has 19 heavy (non-hydrogen) atoms. The maximum atomic E-state index is 12.2. The second-order valence-electron chi connectivity index (χ2n) is 3.79. The van der Waals surface area contributed by atoms with E-state index in [2.05, 4.69) is 43.2 Å². The molecule has 0 saturated heterocycles. The van der Waals surface area contributed by atoms with Crippen LogP contribution < -0.4 is 10.5 Å². The Bertz CT molecular complexity index is 702. The van der Waals surface area contributed by atoms with Gasteiger partial charge in [-0.3, -0.25) is 4.72 Å². The normalized spacial score (nSPS) is 11.3. The standard InChI is InChI=1S/C12H10BrIN2O2S/c13-8-1-6-11(15)12(7-8)19(17,18)16-10-4-2-9(14)3-5-10/h1-7,16H,15H2. The zero-order valence-electron chi connectivity index (χ0n) is 9.60. The molecule has 0 aliphatic rings. The summed E-state index contributed by atoms with van der Waals surface area (Å²) in [4.78, 5) is 0.0559. The number of anilines is 2. The summed E-state index contributed by atoms with van der Waals surface area (Å²) in [5.41, 5.74) is 6.42. The quantitative estimate of drug-likeness (QED) is 0.553. The molecule has 2 rings (SSSR count). The first-order valence-corrected chi connectivity index (χ1v) is 8.57. The number of nitrogens with one attached hydrogen (secondary N) is 1. The van der Waals surface area contributed by atoms with E-state index in [9.17, 15) is 8.42 Å². The van der Waals surface area contributed by atoms with Crippen molar-refractivity contribution >= 4 is 59.9 Å². The zero-order valence-corrected chi connectivity index (χ0v) is 14.2. The number of halogens is 2. The van der Waals surface area contributed by atoms with Crippen LogP contribution >= 0.6 is 38.5 Å².